The summed E-state index contributed by atoms with van der Waals surface area (Å²) in [6.45, 7) is -0.0110. The quantitative estimate of drug-likeness (QED) is 0.537. The second-order valence-electron chi connectivity index (χ2n) is 6.01. The molecule has 0 bridgehead atoms. The zero-order chi connectivity index (χ0) is 19.5. The molecule has 0 aliphatic heterocycles. The highest BCUT2D eigenvalue weighted by atomic mass is 32.1. The minimum atomic E-state index is -1.01. The molecule has 2 heterocycles. The highest BCUT2D eigenvalue weighted by Gasteiger charge is 2.11. The van der Waals surface area contributed by atoms with E-state index in [1.807, 2.05) is 35.7 Å². The molecule has 0 aliphatic carbocycles. The molecule has 0 atom stereocenters. The summed E-state index contributed by atoms with van der Waals surface area (Å²) in [4.78, 5) is 21.0. The third kappa shape index (κ3) is 3.96. The van der Waals surface area contributed by atoms with Crippen LogP contribution >= 0.6 is 11.3 Å². The minimum Gasteiger partial charge on any atom is -0.327 e. The van der Waals surface area contributed by atoms with Crippen molar-refractivity contribution in [2.45, 2.75) is 6.54 Å². The fraction of sp³-hybridized carbons (Fsp3) is 0.0500. The van der Waals surface area contributed by atoms with Gasteiger partial charge in [0.05, 0.1) is 12.0 Å². The van der Waals surface area contributed by atoms with Crippen molar-refractivity contribution < 1.29 is 13.6 Å². The van der Waals surface area contributed by atoms with Crippen molar-refractivity contribution in [3.05, 3.63) is 78.1 Å². The number of rotatable bonds is 5. The monoisotopic (exact) mass is 396 g/mol. The summed E-state index contributed by atoms with van der Waals surface area (Å²) < 4.78 is 27.8. The highest BCUT2D eigenvalue weighted by molar-refractivity contribution is 7.13. The SMILES string of the molecule is O=C(Cn1cnc(-c2nc(-c3ccccc3)cs2)c1)Nc1ccc(F)c(F)c1. The molecule has 0 radical (unpaired) electrons. The van der Waals surface area contributed by atoms with Crippen LogP contribution in [0.15, 0.2) is 66.4 Å². The highest BCUT2D eigenvalue weighted by Crippen LogP contribution is 2.27. The summed E-state index contributed by atoms with van der Waals surface area (Å²) in [6.07, 6.45) is 3.25. The molecule has 2 aromatic carbocycles. The Morgan fingerprint density at radius 2 is 1.89 bits per heavy atom. The summed E-state index contributed by atoms with van der Waals surface area (Å²) in [7, 11) is 0. The van der Waals surface area contributed by atoms with E-state index in [0.29, 0.717) is 5.69 Å². The van der Waals surface area contributed by atoms with Gasteiger partial charge < -0.3 is 9.88 Å². The van der Waals surface area contributed by atoms with Crippen molar-refractivity contribution in [3.63, 3.8) is 0 Å². The lowest BCUT2D eigenvalue weighted by atomic mass is 10.2. The molecule has 0 fully saturated rings. The Labute approximate surface area is 163 Å². The lowest BCUT2D eigenvalue weighted by molar-refractivity contribution is -0.116. The average molecular weight is 396 g/mol. The maximum absolute atomic E-state index is 13.2. The van der Waals surface area contributed by atoms with Crippen LogP contribution in [0.3, 0.4) is 0 Å². The first kappa shape index (κ1) is 18.0. The molecule has 28 heavy (non-hydrogen) atoms. The van der Waals surface area contributed by atoms with Gasteiger partial charge in [-0.2, -0.15) is 0 Å². The number of imidazole rings is 1. The van der Waals surface area contributed by atoms with E-state index in [4.69, 9.17) is 0 Å². The van der Waals surface area contributed by atoms with E-state index in [-0.39, 0.29) is 18.1 Å². The summed E-state index contributed by atoms with van der Waals surface area (Å²) in [5, 5.41) is 5.23. The maximum atomic E-state index is 13.2. The van der Waals surface area contributed by atoms with Gasteiger partial charge in [0.1, 0.15) is 17.2 Å². The number of carbonyl (C=O) groups excluding carboxylic acids is 1. The van der Waals surface area contributed by atoms with Crippen LogP contribution in [0.4, 0.5) is 14.5 Å². The summed E-state index contributed by atoms with van der Waals surface area (Å²) in [5.74, 6) is -2.35. The smallest absolute Gasteiger partial charge is 0.244 e. The van der Waals surface area contributed by atoms with Gasteiger partial charge in [-0.15, -0.1) is 11.3 Å². The summed E-state index contributed by atoms with van der Waals surface area (Å²) >= 11 is 1.47. The molecule has 4 rings (SSSR count). The Morgan fingerprint density at radius 3 is 2.68 bits per heavy atom. The van der Waals surface area contributed by atoms with Gasteiger partial charge in [0.15, 0.2) is 11.6 Å². The van der Waals surface area contributed by atoms with Crippen molar-refractivity contribution in [2.24, 2.45) is 0 Å². The normalized spacial score (nSPS) is 10.8. The molecule has 2 aromatic heterocycles. The van der Waals surface area contributed by atoms with Crippen LogP contribution < -0.4 is 5.32 Å². The number of hydrogen-bond acceptors (Lipinski definition) is 4. The van der Waals surface area contributed by atoms with Gasteiger partial charge in [-0.05, 0) is 12.1 Å². The molecule has 0 aliphatic rings. The third-order valence-corrected chi connectivity index (χ3v) is 4.82. The van der Waals surface area contributed by atoms with Crippen molar-refractivity contribution in [1.29, 1.82) is 0 Å². The van der Waals surface area contributed by atoms with Gasteiger partial charge in [0.25, 0.3) is 0 Å². The van der Waals surface area contributed by atoms with Crippen LogP contribution in [0.25, 0.3) is 22.0 Å². The number of amides is 1. The number of thiazole rings is 1. The van der Waals surface area contributed by atoms with Crippen molar-refractivity contribution in [3.8, 4) is 22.0 Å². The first-order valence-electron chi connectivity index (χ1n) is 8.36. The number of hydrogen-bond donors (Lipinski definition) is 1. The van der Waals surface area contributed by atoms with Gasteiger partial charge in [0, 0.05) is 28.9 Å². The molecule has 5 nitrogen and oxygen atoms in total. The number of aromatic nitrogens is 3. The Bertz CT molecular complexity index is 1120. The standard InChI is InChI=1S/C20H14F2N4OS/c21-15-7-6-14(8-16(15)22)24-19(27)10-26-9-17(23-12-26)20-25-18(11-28-20)13-4-2-1-3-5-13/h1-9,11-12H,10H2,(H,24,27). The predicted octanol–water partition coefficient (Wildman–Crippen LogP) is 4.59. The fourth-order valence-electron chi connectivity index (χ4n) is 2.63. The second-order valence-corrected chi connectivity index (χ2v) is 6.87. The molecule has 0 spiro atoms. The van der Waals surface area contributed by atoms with E-state index in [1.54, 1.807) is 10.8 Å². The van der Waals surface area contributed by atoms with Gasteiger partial charge in [-0.1, -0.05) is 30.3 Å². The van der Waals surface area contributed by atoms with Gasteiger partial charge >= 0.3 is 0 Å². The molecule has 1 N–H and O–H groups in total. The molecule has 8 heteroatoms. The molecule has 0 saturated carbocycles. The Balaban J connectivity index is 1.44. The zero-order valence-electron chi connectivity index (χ0n) is 14.5. The molecule has 1 amide bonds. The van der Waals surface area contributed by atoms with E-state index < -0.39 is 11.6 Å². The van der Waals surface area contributed by atoms with Crippen molar-refractivity contribution >= 4 is 22.9 Å². The molecule has 140 valence electrons. The van der Waals surface area contributed by atoms with E-state index in [0.717, 1.165) is 28.4 Å². The van der Waals surface area contributed by atoms with Crippen molar-refractivity contribution in [2.75, 3.05) is 5.32 Å². The van der Waals surface area contributed by atoms with Gasteiger partial charge in [0.2, 0.25) is 5.91 Å². The number of benzene rings is 2. The zero-order valence-corrected chi connectivity index (χ0v) is 15.3. The third-order valence-electron chi connectivity index (χ3n) is 3.96. The van der Waals surface area contributed by atoms with Crippen LogP contribution in [0.1, 0.15) is 0 Å². The lowest BCUT2D eigenvalue weighted by Crippen LogP contribution is -2.18. The van der Waals surface area contributed by atoms with E-state index in [1.165, 1.54) is 23.7 Å². The van der Waals surface area contributed by atoms with Crippen LogP contribution in [0, 0.1) is 11.6 Å². The van der Waals surface area contributed by atoms with Crippen molar-refractivity contribution in [1.82, 2.24) is 14.5 Å². The first-order valence-corrected chi connectivity index (χ1v) is 9.24. The van der Waals surface area contributed by atoms with Gasteiger partial charge in [-0.3, -0.25) is 4.79 Å². The van der Waals surface area contributed by atoms with Crippen LogP contribution in [0.5, 0.6) is 0 Å². The largest absolute Gasteiger partial charge is 0.327 e. The van der Waals surface area contributed by atoms with E-state index in [9.17, 15) is 13.6 Å². The number of carbonyl (C=O) groups is 1. The summed E-state index contributed by atoms with van der Waals surface area (Å²) in [5.41, 5.74) is 2.74. The number of anilines is 1. The van der Waals surface area contributed by atoms with Crippen LogP contribution in [-0.2, 0) is 11.3 Å². The molecule has 4 aromatic rings. The van der Waals surface area contributed by atoms with E-state index >= 15 is 0 Å². The average Bonchev–Trinajstić information content (AvgIpc) is 3.35. The maximum Gasteiger partial charge on any atom is 0.244 e. The molecule has 0 saturated heterocycles. The predicted molar refractivity (Wildman–Crippen MR) is 104 cm³/mol. The Hall–Kier alpha value is -3.39. The number of halogens is 2. The topological polar surface area (TPSA) is 59.8 Å². The number of nitrogens with one attached hydrogen (secondary N) is 1. The van der Waals surface area contributed by atoms with Gasteiger partial charge in [-0.25, -0.2) is 18.7 Å². The first-order chi connectivity index (χ1) is 13.6. The fourth-order valence-corrected chi connectivity index (χ4v) is 3.42. The van der Waals surface area contributed by atoms with Crippen LogP contribution in [-0.4, -0.2) is 20.4 Å². The minimum absolute atomic E-state index is 0.0110. The molecular formula is C20H14F2N4OS. The number of nitrogens with zero attached hydrogens (tertiary/aromatic N) is 3. The Morgan fingerprint density at radius 1 is 1.07 bits per heavy atom. The second kappa shape index (κ2) is 7.69. The lowest BCUT2D eigenvalue weighted by Gasteiger charge is -2.06. The Kier molecular flexibility index (Phi) is 4.94. The molecule has 0 unspecified atom stereocenters. The summed E-state index contributed by atoms with van der Waals surface area (Å²) in [6, 6.07) is 13.0. The molecular weight excluding hydrogens is 382 g/mol. The van der Waals surface area contributed by atoms with Crippen LogP contribution in [0.2, 0.25) is 0 Å². The van der Waals surface area contributed by atoms with E-state index in [2.05, 4.69) is 15.3 Å².